The third kappa shape index (κ3) is 3.10. The Morgan fingerprint density at radius 1 is 1.30 bits per heavy atom. The Kier molecular flexibility index (Phi) is 4.63. The van der Waals surface area contributed by atoms with Gasteiger partial charge in [0.1, 0.15) is 11.6 Å². The number of nitrogens with zero attached hydrogens (tertiary/aromatic N) is 1. The number of imide groups is 1. The second-order valence-electron chi connectivity index (χ2n) is 7.77. The fraction of sp³-hybridized carbons (Fsp3) is 0.550. The minimum absolute atomic E-state index is 0.0374. The van der Waals surface area contributed by atoms with Crippen LogP contribution >= 0.6 is 0 Å². The van der Waals surface area contributed by atoms with Gasteiger partial charge >= 0.3 is 6.03 Å². The lowest BCUT2D eigenvalue weighted by Crippen LogP contribution is -2.51. The molecular weight excluding hydrogens is 344 g/mol. The van der Waals surface area contributed by atoms with Crippen molar-refractivity contribution in [3.8, 4) is 0 Å². The summed E-state index contributed by atoms with van der Waals surface area (Å²) in [6.07, 6.45) is 4.14. The number of fused-ring (bicyclic) bond motifs is 1. The molecule has 2 heterocycles. The fourth-order valence-electron chi connectivity index (χ4n) is 4.55. The highest BCUT2D eigenvalue weighted by Gasteiger charge is 2.54. The molecule has 27 heavy (non-hydrogen) atoms. The van der Waals surface area contributed by atoms with E-state index in [-0.39, 0.29) is 17.9 Å². The lowest BCUT2D eigenvalue weighted by molar-refractivity contribution is -0.137. The number of benzene rings is 1. The zero-order valence-electron chi connectivity index (χ0n) is 15.6. The van der Waals surface area contributed by atoms with E-state index in [1.807, 2.05) is 12.1 Å². The van der Waals surface area contributed by atoms with E-state index < -0.39 is 17.6 Å². The molecule has 4 amide bonds. The maximum atomic E-state index is 12.8. The van der Waals surface area contributed by atoms with Crippen molar-refractivity contribution < 1.29 is 14.4 Å². The lowest BCUT2D eigenvalue weighted by atomic mass is 9.94. The summed E-state index contributed by atoms with van der Waals surface area (Å²) in [6, 6.07) is 6.97. The molecule has 0 bridgehead atoms. The van der Waals surface area contributed by atoms with Crippen LogP contribution in [0.4, 0.5) is 4.79 Å². The minimum Gasteiger partial charge on any atom is -0.352 e. The Labute approximate surface area is 158 Å². The molecule has 3 N–H and O–H groups in total. The normalized spacial score (nSPS) is 24.6. The highest BCUT2D eigenvalue weighted by Crippen LogP contribution is 2.35. The number of rotatable bonds is 4. The van der Waals surface area contributed by atoms with Crippen LogP contribution < -0.4 is 16.0 Å². The number of carbonyl (C=O) groups is 3. The van der Waals surface area contributed by atoms with Crippen LogP contribution in [0.2, 0.25) is 0 Å². The van der Waals surface area contributed by atoms with Crippen LogP contribution in [0, 0.1) is 0 Å². The van der Waals surface area contributed by atoms with Crippen molar-refractivity contribution in [2.75, 3.05) is 13.1 Å². The Morgan fingerprint density at radius 3 is 2.81 bits per heavy atom. The first kappa shape index (κ1) is 18.0. The molecule has 144 valence electrons. The molecule has 2 fully saturated rings. The van der Waals surface area contributed by atoms with Crippen molar-refractivity contribution in [2.45, 2.75) is 56.7 Å². The highest BCUT2D eigenvalue weighted by atomic mass is 16.2. The molecule has 0 radical (unpaired) electrons. The second-order valence-corrected chi connectivity index (χ2v) is 7.77. The summed E-state index contributed by atoms with van der Waals surface area (Å²) in [4.78, 5) is 38.9. The van der Waals surface area contributed by atoms with Crippen molar-refractivity contribution in [3.63, 3.8) is 0 Å². The molecule has 7 heteroatoms. The van der Waals surface area contributed by atoms with Gasteiger partial charge in [-0.05, 0) is 43.9 Å². The molecule has 2 unspecified atom stereocenters. The summed E-state index contributed by atoms with van der Waals surface area (Å²) >= 11 is 0. The second kappa shape index (κ2) is 6.96. The molecule has 1 aliphatic carbocycles. The van der Waals surface area contributed by atoms with Crippen LogP contribution in [0.3, 0.4) is 0 Å². The molecule has 3 aliphatic rings. The number of nitrogens with one attached hydrogen (secondary N) is 3. The molecule has 1 aromatic rings. The predicted octanol–water partition coefficient (Wildman–Crippen LogP) is 1.24. The number of amides is 4. The molecule has 2 aliphatic heterocycles. The van der Waals surface area contributed by atoms with Crippen LogP contribution in [-0.2, 0) is 16.0 Å². The van der Waals surface area contributed by atoms with Crippen molar-refractivity contribution in [1.82, 2.24) is 20.9 Å². The third-order valence-electron chi connectivity index (χ3n) is 6.11. The van der Waals surface area contributed by atoms with E-state index in [1.165, 1.54) is 11.1 Å². The minimum atomic E-state index is -0.823. The van der Waals surface area contributed by atoms with Crippen LogP contribution in [0.5, 0.6) is 0 Å². The molecule has 1 spiro atoms. The number of carbonyl (C=O) groups excluding carboxylic acids is 3. The predicted molar refractivity (Wildman–Crippen MR) is 99.9 cm³/mol. The zero-order chi connectivity index (χ0) is 19.0. The monoisotopic (exact) mass is 370 g/mol. The topological polar surface area (TPSA) is 90.5 Å². The maximum Gasteiger partial charge on any atom is 0.325 e. The molecule has 0 aromatic heterocycles. The van der Waals surface area contributed by atoms with Gasteiger partial charge in [-0.3, -0.25) is 9.59 Å². The summed E-state index contributed by atoms with van der Waals surface area (Å²) in [5.74, 6) is -0.563. The SMILES string of the molecule is CC(C(=O)NCC1NCCc2ccccc21)N1C(=O)NC2(CCCC2)C1=O. The molecule has 7 nitrogen and oxygen atoms in total. The van der Waals surface area contributed by atoms with Crippen molar-refractivity contribution in [1.29, 1.82) is 0 Å². The summed E-state index contributed by atoms with van der Waals surface area (Å²) in [7, 11) is 0. The number of hydrogen-bond acceptors (Lipinski definition) is 4. The van der Waals surface area contributed by atoms with Gasteiger partial charge in [0.2, 0.25) is 5.91 Å². The average molecular weight is 370 g/mol. The Morgan fingerprint density at radius 2 is 2.04 bits per heavy atom. The smallest absolute Gasteiger partial charge is 0.325 e. The molecule has 1 saturated heterocycles. The van der Waals surface area contributed by atoms with Gasteiger partial charge in [-0.25, -0.2) is 9.69 Å². The van der Waals surface area contributed by atoms with E-state index in [9.17, 15) is 14.4 Å². The van der Waals surface area contributed by atoms with Crippen molar-refractivity contribution in [3.05, 3.63) is 35.4 Å². The maximum absolute atomic E-state index is 12.8. The van der Waals surface area contributed by atoms with E-state index in [0.29, 0.717) is 19.4 Å². The molecule has 1 saturated carbocycles. The summed E-state index contributed by atoms with van der Waals surface area (Å²) < 4.78 is 0. The van der Waals surface area contributed by atoms with Gasteiger partial charge in [-0.2, -0.15) is 0 Å². The van der Waals surface area contributed by atoms with Gasteiger partial charge in [0.25, 0.3) is 5.91 Å². The van der Waals surface area contributed by atoms with Gasteiger partial charge in [-0.1, -0.05) is 37.1 Å². The van der Waals surface area contributed by atoms with Crippen molar-refractivity contribution in [2.24, 2.45) is 0 Å². The summed E-state index contributed by atoms with van der Waals surface area (Å²) in [6.45, 7) is 2.90. The number of urea groups is 1. The number of hydrogen-bond donors (Lipinski definition) is 3. The largest absolute Gasteiger partial charge is 0.352 e. The first-order chi connectivity index (χ1) is 13.0. The molecule has 2 atom stereocenters. The van der Waals surface area contributed by atoms with Crippen LogP contribution in [0.15, 0.2) is 24.3 Å². The average Bonchev–Trinajstić information content (AvgIpc) is 3.24. The third-order valence-corrected chi connectivity index (χ3v) is 6.11. The lowest BCUT2D eigenvalue weighted by Gasteiger charge is -2.28. The summed E-state index contributed by atoms with van der Waals surface area (Å²) in [5, 5.41) is 9.16. The van der Waals surface area contributed by atoms with E-state index in [0.717, 1.165) is 30.7 Å². The van der Waals surface area contributed by atoms with Gasteiger partial charge < -0.3 is 16.0 Å². The summed E-state index contributed by atoms with van der Waals surface area (Å²) in [5.41, 5.74) is 1.70. The van der Waals surface area contributed by atoms with E-state index in [1.54, 1.807) is 6.92 Å². The fourth-order valence-corrected chi connectivity index (χ4v) is 4.55. The first-order valence-electron chi connectivity index (χ1n) is 9.76. The highest BCUT2D eigenvalue weighted by molar-refractivity contribution is 6.09. The Bertz CT molecular complexity index is 772. The molecular formula is C20H26N4O3. The van der Waals surface area contributed by atoms with Crippen LogP contribution in [0.25, 0.3) is 0 Å². The van der Waals surface area contributed by atoms with Crippen LogP contribution in [-0.4, -0.2) is 47.4 Å². The molecule has 4 rings (SSSR count). The zero-order valence-corrected chi connectivity index (χ0v) is 15.6. The van der Waals surface area contributed by atoms with E-state index >= 15 is 0 Å². The van der Waals surface area contributed by atoms with Crippen LogP contribution in [0.1, 0.15) is 49.8 Å². The Hall–Kier alpha value is -2.41. The van der Waals surface area contributed by atoms with E-state index in [2.05, 4.69) is 28.1 Å². The Balaban J connectivity index is 1.40. The standard InChI is InChI=1S/C20H26N4O3/c1-13(24-18(26)20(23-19(24)27)9-4-5-10-20)17(25)22-12-16-15-7-3-2-6-14(15)8-11-21-16/h2-3,6-7,13,16,21H,4-5,8-12H2,1H3,(H,22,25)(H,23,27). The van der Waals surface area contributed by atoms with E-state index in [4.69, 9.17) is 0 Å². The molecule has 1 aromatic carbocycles. The van der Waals surface area contributed by atoms with Gasteiger partial charge in [0.05, 0.1) is 0 Å². The van der Waals surface area contributed by atoms with Gasteiger partial charge in [-0.15, -0.1) is 0 Å². The first-order valence-corrected chi connectivity index (χ1v) is 9.76. The van der Waals surface area contributed by atoms with Gasteiger partial charge in [0, 0.05) is 12.6 Å². The van der Waals surface area contributed by atoms with Gasteiger partial charge in [0.15, 0.2) is 0 Å². The van der Waals surface area contributed by atoms with Crippen molar-refractivity contribution >= 4 is 17.8 Å². The quantitative estimate of drug-likeness (QED) is 0.696.